The van der Waals surface area contributed by atoms with Gasteiger partial charge in [0.15, 0.2) is 0 Å². The molecule has 1 aromatic carbocycles. The zero-order valence-electron chi connectivity index (χ0n) is 18.1. The Morgan fingerprint density at radius 3 is 2.57 bits per heavy atom. The van der Waals surface area contributed by atoms with Crippen LogP contribution >= 0.6 is 11.6 Å². The van der Waals surface area contributed by atoms with Gasteiger partial charge in [0.2, 0.25) is 15.9 Å². The smallest absolute Gasteiger partial charge is 0.240 e. The summed E-state index contributed by atoms with van der Waals surface area (Å²) < 4.78 is 26.7. The third kappa shape index (κ3) is 5.66. The molecule has 0 saturated carbocycles. The van der Waals surface area contributed by atoms with Crippen molar-refractivity contribution in [1.82, 2.24) is 15.1 Å². The molecule has 1 saturated heterocycles. The van der Waals surface area contributed by atoms with Gasteiger partial charge >= 0.3 is 0 Å². The van der Waals surface area contributed by atoms with Gasteiger partial charge in [-0.05, 0) is 57.4 Å². The summed E-state index contributed by atoms with van der Waals surface area (Å²) in [5, 5.41) is 3.78. The van der Waals surface area contributed by atoms with Crippen LogP contribution in [0, 0.1) is 0 Å². The number of fused-ring (bicyclic) bond motifs is 1. The molecule has 0 aliphatic carbocycles. The first-order chi connectivity index (χ1) is 14.2. The summed E-state index contributed by atoms with van der Waals surface area (Å²) in [6, 6.07) is 5.46. The SMILES string of the molecule is CC(C)N1CCCN(S(C)(=O)=O)c2cc(Cl)ccc2CN(C(=O)[C@H]2CCCN2)CC1. The lowest BCUT2D eigenvalue weighted by atomic mass is 10.1. The summed E-state index contributed by atoms with van der Waals surface area (Å²) >= 11 is 6.24. The summed E-state index contributed by atoms with van der Waals surface area (Å²) in [5.41, 5.74) is 1.37. The molecule has 0 radical (unpaired) electrons. The molecule has 0 bridgehead atoms. The fourth-order valence-corrected chi connectivity index (χ4v) is 5.41. The fourth-order valence-electron chi connectivity index (χ4n) is 4.25. The molecule has 30 heavy (non-hydrogen) atoms. The second-order valence-corrected chi connectivity index (χ2v) is 10.8. The molecule has 3 rings (SSSR count). The monoisotopic (exact) mass is 456 g/mol. The Balaban J connectivity index is 2.00. The van der Waals surface area contributed by atoms with E-state index in [4.69, 9.17) is 11.6 Å². The van der Waals surface area contributed by atoms with Crippen LogP contribution in [0.4, 0.5) is 5.69 Å². The average Bonchev–Trinajstić information content (AvgIpc) is 3.19. The minimum atomic E-state index is -3.49. The zero-order chi connectivity index (χ0) is 21.9. The molecule has 0 spiro atoms. The van der Waals surface area contributed by atoms with Crippen molar-refractivity contribution in [3.63, 3.8) is 0 Å². The van der Waals surface area contributed by atoms with Gasteiger partial charge in [-0.2, -0.15) is 0 Å². The van der Waals surface area contributed by atoms with E-state index in [1.807, 2.05) is 11.0 Å². The van der Waals surface area contributed by atoms with Gasteiger partial charge in [-0.3, -0.25) is 14.0 Å². The van der Waals surface area contributed by atoms with Gasteiger partial charge in [0.05, 0.1) is 18.0 Å². The standard InChI is InChI=1S/C21H33ClN4O3S/c1-16(2)24-10-5-11-26(30(3,28)29)20-14-18(22)8-7-17(20)15-25(13-12-24)21(27)19-6-4-9-23-19/h7-8,14,16,19,23H,4-6,9-13,15H2,1-3H3/t19-/m1/s1. The van der Waals surface area contributed by atoms with Crippen molar-refractivity contribution in [3.05, 3.63) is 28.8 Å². The van der Waals surface area contributed by atoms with Crippen LogP contribution < -0.4 is 9.62 Å². The van der Waals surface area contributed by atoms with Gasteiger partial charge in [-0.15, -0.1) is 0 Å². The van der Waals surface area contributed by atoms with E-state index in [0.717, 1.165) is 38.0 Å². The van der Waals surface area contributed by atoms with E-state index in [2.05, 4.69) is 24.1 Å². The van der Waals surface area contributed by atoms with E-state index in [1.54, 1.807) is 12.1 Å². The molecule has 168 valence electrons. The van der Waals surface area contributed by atoms with Crippen LogP contribution in [-0.4, -0.2) is 75.2 Å². The molecule has 0 unspecified atom stereocenters. The van der Waals surface area contributed by atoms with E-state index in [9.17, 15) is 13.2 Å². The summed E-state index contributed by atoms with van der Waals surface area (Å²) in [6.45, 7) is 8.00. The van der Waals surface area contributed by atoms with Crippen LogP contribution in [-0.2, 0) is 21.4 Å². The maximum absolute atomic E-state index is 13.3. The lowest BCUT2D eigenvalue weighted by molar-refractivity contribution is -0.134. The minimum absolute atomic E-state index is 0.0854. The minimum Gasteiger partial charge on any atom is -0.336 e. The number of sulfonamides is 1. The number of nitrogens with zero attached hydrogens (tertiary/aromatic N) is 3. The second kappa shape index (κ2) is 9.85. The predicted octanol–water partition coefficient (Wildman–Crippen LogP) is 2.30. The lowest BCUT2D eigenvalue weighted by Crippen LogP contribution is -2.47. The van der Waals surface area contributed by atoms with Crippen LogP contribution in [0.2, 0.25) is 5.02 Å². The number of amides is 1. The quantitative estimate of drug-likeness (QED) is 0.755. The van der Waals surface area contributed by atoms with Crippen molar-refractivity contribution in [2.45, 2.75) is 51.7 Å². The molecular weight excluding hydrogens is 424 g/mol. The normalized spacial score (nSPS) is 22.1. The Morgan fingerprint density at radius 1 is 1.17 bits per heavy atom. The summed E-state index contributed by atoms with van der Waals surface area (Å²) in [5.74, 6) is 0.0854. The second-order valence-electron chi connectivity index (χ2n) is 8.50. The van der Waals surface area contributed by atoms with Crippen LogP contribution in [0.15, 0.2) is 18.2 Å². The van der Waals surface area contributed by atoms with Crippen molar-refractivity contribution >= 4 is 33.2 Å². The van der Waals surface area contributed by atoms with Crippen molar-refractivity contribution in [3.8, 4) is 0 Å². The highest BCUT2D eigenvalue weighted by atomic mass is 35.5. The van der Waals surface area contributed by atoms with E-state index in [-0.39, 0.29) is 11.9 Å². The molecule has 0 aromatic heterocycles. The maximum Gasteiger partial charge on any atom is 0.240 e. The van der Waals surface area contributed by atoms with Gasteiger partial charge in [0.25, 0.3) is 0 Å². The van der Waals surface area contributed by atoms with Gasteiger partial charge in [0, 0.05) is 43.8 Å². The molecule has 7 nitrogen and oxygen atoms in total. The number of rotatable bonds is 3. The Bertz CT molecular complexity index is 856. The highest BCUT2D eigenvalue weighted by Crippen LogP contribution is 2.29. The lowest BCUT2D eigenvalue weighted by Gasteiger charge is -2.31. The van der Waals surface area contributed by atoms with Crippen LogP contribution in [0.25, 0.3) is 0 Å². The molecule has 1 atom stereocenters. The molecule has 9 heteroatoms. The first kappa shape index (κ1) is 23.3. The molecule has 2 aliphatic heterocycles. The van der Waals surface area contributed by atoms with E-state index >= 15 is 0 Å². The van der Waals surface area contributed by atoms with Gasteiger partial charge in [-0.1, -0.05) is 17.7 Å². The maximum atomic E-state index is 13.3. The van der Waals surface area contributed by atoms with Gasteiger partial charge < -0.3 is 10.2 Å². The number of carbonyl (C=O) groups is 1. The van der Waals surface area contributed by atoms with Crippen LogP contribution in [0.1, 0.15) is 38.7 Å². The largest absolute Gasteiger partial charge is 0.336 e. The third-order valence-corrected chi connectivity index (χ3v) is 7.36. The Kier molecular flexibility index (Phi) is 7.66. The molecular formula is C21H33ClN4O3S. The van der Waals surface area contributed by atoms with Crippen molar-refractivity contribution in [2.75, 3.05) is 43.3 Å². The Hall–Kier alpha value is -1.35. The van der Waals surface area contributed by atoms with Crippen molar-refractivity contribution in [2.24, 2.45) is 0 Å². The molecule has 1 fully saturated rings. The third-order valence-electron chi connectivity index (χ3n) is 5.94. The number of carbonyl (C=O) groups excluding carboxylic acids is 1. The average molecular weight is 457 g/mol. The highest BCUT2D eigenvalue weighted by Gasteiger charge is 2.30. The van der Waals surface area contributed by atoms with Gasteiger partial charge in [0.1, 0.15) is 0 Å². The fraction of sp³-hybridized carbons (Fsp3) is 0.667. The summed E-state index contributed by atoms with van der Waals surface area (Å²) in [4.78, 5) is 17.5. The summed E-state index contributed by atoms with van der Waals surface area (Å²) in [7, 11) is -3.49. The highest BCUT2D eigenvalue weighted by molar-refractivity contribution is 7.92. The number of anilines is 1. The van der Waals surface area contributed by atoms with Crippen molar-refractivity contribution < 1.29 is 13.2 Å². The number of benzene rings is 1. The number of hydrogen-bond acceptors (Lipinski definition) is 5. The first-order valence-electron chi connectivity index (χ1n) is 10.7. The topological polar surface area (TPSA) is 73.0 Å². The van der Waals surface area contributed by atoms with E-state index in [1.165, 1.54) is 10.6 Å². The number of halogens is 1. The van der Waals surface area contributed by atoms with Crippen molar-refractivity contribution in [1.29, 1.82) is 0 Å². The van der Waals surface area contributed by atoms with E-state index < -0.39 is 10.0 Å². The molecule has 1 aromatic rings. The predicted molar refractivity (Wildman–Crippen MR) is 121 cm³/mol. The summed E-state index contributed by atoms with van der Waals surface area (Å²) in [6.07, 6.45) is 3.76. The first-order valence-corrected chi connectivity index (χ1v) is 12.9. The molecule has 2 aliphatic rings. The van der Waals surface area contributed by atoms with Crippen LogP contribution in [0.5, 0.6) is 0 Å². The zero-order valence-corrected chi connectivity index (χ0v) is 19.7. The van der Waals surface area contributed by atoms with E-state index in [0.29, 0.717) is 42.8 Å². The molecule has 1 amide bonds. The molecule has 1 N–H and O–H groups in total. The Labute approximate surface area is 185 Å². The number of hydrogen-bond donors (Lipinski definition) is 1. The number of nitrogens with one attached hydrogen (secondary N) is 1. The molecule has 2 heterocycles. The van der Waals surface area contributed by atoms with Crippen LogP contribution in [0.3, 0.4) is 0 Å². The van der Waals surface area contributed by atoms with Gasteiger partial charge in [-0.25, -0.2) is 8.42 Å². The Morgan fingerprint density at radius 2 is 1.93 bits per heavy atom.